The van der Waals surface area contributed by atoms with Crippen LogP contribution in [0, 0.1) is 12.7 Å². The second-order valence-corrected chi connectivity index (χ2v) is 7.19. The van der Waals surface area contributed by atoms with Gasteiger partial charge >= 0.3 is 0 Å². The van der Waals surface area contributed by atoms with Gasteiger partial charge in [-0.3, -0.25) is 4.99 Å². The molecule has 0 amide bonds. The highest BCUT2D eigenvalue weighted by molar-refractivity contribution is 14.0. The van der Waals surface area contributed by atoms with Gasteiger partial charge in [-0.2, -0.15) is 0 Å². The lowest BCUT2D eigenvalue weighted by atomic mass is 10.1. The average Bonchev–Trinajstić information content (AvgIpc) is 2.98. The van der Waals surface area contributed by atoms with E-state index >= 15 is 0 Å². The Bertz CT molecular complexity index is 717. The van der Waals surface area contributed by atoms with Crippen molar-refractivity contribution in [1.29, 1.82) is 0 Å². The molecule has 0 saturated heterocycles. The maximum Gasteiger partial charge on any atom is 0.191 e. The fourth-order valence-corrected chi connectivity index (χ4v) is 3.09. The molecule has 1 aromatic heterocycles. The molecule has 2 N–H and O–H groups in total. The number of aryl methyl sites for hydroxylation is 1. The Morgan fingerprint density at radius 1 is 1.31 bits per heavy atom. The van der Waals surface area contributed by atoms with E-state index in [0.717, 1.165) is 35.2 Å². The van der Waals surface area contributed by atoms with Crippen LogP contribution in [0.4, 0.5) is 4.39 Å². The van der Waals surface area contributed by atoms with Crippen LogP contribution >= 0.6 is 35.3 Å². The molecular weight excluding hydrogens is 464 g/mol. The number of nitrogens with one attached hydrogen (secondary N) is 2. The van der Waals surface area contributed by atoms with Gasteiger partial charge < -0.3 is 15.5 Å². The molecule has 0 aliphatic rings. The van der Waals surface area contributed by atoms with Crippen LogP contribution in [0.5, 0.6) is 0 Å². The molecule has 2 rings (SSSR count). The van der Waals surface area contributed by atoms with Gasteiger partial charge in [0.2, 0.25) is 0 Å². The molecule has 1 heterocycles. The topological polar surface area (TPSA) is 52.6 Å². The fourth-order valence-electron chi connectivity index (χ4n) is 2.44. The van der Waals surface area contributed by atoms with Crippen LogP contribution in [0.2, 0.25) is 0 Å². The molecular formula is C18H27FIN5S. The number of aliphatic imine (C=N–C) groups is 1. The molecule has 144 valence electrons. The van der Waals surface area contributed by atoms with Gasteiger partial charge in [0.25, 0.3) is 0 Å². The smallest absolute Gasteiger partial charge is 0.191 e. The molecule has 8 heteroatoms. The molecule has 0 unspecified atom stereocenters. The molecule has 0 atom stereocenters. The zero-order valence-electron chi connectivity index (χ0n) is 15.7. The Morgan fingerprint density at radius 3 is 2.69 bits per heavy atom. The van der Waals surface area contributed by atoms with Gasteiger partial charge in [0.1, 0.15) is 5.82 Å². The van der Waals surface area contributed by atoms with Crippen LogP contribution in [0.15, 0.2) is 28.6 Å². The summed E-state index contributed by atoms with van der Waals surface area (Å²) in [5.41, 5.74) is 2.82. The maximum atomic E-state index is 13.8. The molecule has 0 fully saturated rings. The zero-order chi connectivity index (χ0) is 18.2. The highest BCUT2D eigenvalue weighted by atomic mass is 127. The summed E-state index contributed by atoms with van der Waals surface area (Å²) in [6.45, 7) is 3.95. The largest absolute Gasteiger partial charge is 0.356 e. The van der Waals surface area contributed by atoms with Gasteiger partial charge in [0, 0.05) is 44.0 Å². The predicted molar refractivity (Wildman–Crippen MR) is 118 cm³/mol. The molecule has 1 aromatic carbocycles. The number of rotatable bonds is 7. The molecule has 0 spiro atoms. The number of guanidine groups is 1. The molecule has 5 nitrogen and oxygen atoms in total. The van der Waals surface area contributed by atoms with Crippen molar-refractivity contribution in [1.82, 2.24) is 20.5 Å². The van der Waals surface area contributed by atoms with E-state index in [1.54, 1.807) is 24.5 Å². The average molecular weight is 491 g/mol. The highest BCUT2D eigenvalue weighted by Gasteiger charge is 2.06. The Hall–Kier alpha value is -1.26. The summed E-state index contributed by atoms with van der Waals surface area (Å²) in [6, 6.07) is 5.22. The summed E-state index contributed by atoms with van der Waals surface area (Å²) < 4.78 is 13.8. The van der Waals surface area contributed by atoms with Crippen molar-refractivity contribution in [2.75, 3.05) is 27.7 Å². The van der Waals surface area contributed by atoms with E-state index in [1.165, 1.54) is 6.07 Å². The van der Waals surface area contributed by atoms with Crippen molar-refractivity contribution in [3.05, 3.63) is 51.2 Å². The van der Waals surface area contributed by atoms with Gasteiger partial charge in [0.05, 0.1) is 10.7 Å². The van der Waals surface area contributed by atoms with Crippen molar-refractivity contribution in [3.8, 4) is 0 Å². The van der Waals surface area contributed by atoms with Crippen molar-refractivity contribution >= 4 is 41.3 Å². The van der Waals surface area contributed by atoms with Crippen molar-refractivity contribution in [2.45, 2.75) is 26.4 Å². The van der Waals surface area contributed by atoms with Crippen LogP contribution in [-0.4, -0.2) is 43.5 Å². The molecule has 2 aromatic rings. The lowest BCUT2D eigenvalue weighted by molar-refractivity contribution is 0.392. The summed E-state index contributed by atoms with van der Waals surface area (Å²) in [6.07, 6.45) is 0.856. The SMILES string of the molecule is CN=C(NCCc1csc(C)n1)NCc1ccc(F)c(CN(C)C)c1.I. The third-order valence-corrected chi connectivity index (χ3v) is 4.44. The number of hydrogen-bond acceptors (Lipinski definition) is 4. The molecule has 0 saturated carbocycles. The molecule has 0 aliphatic carbocycles. The number of hydrogen-bond donors (Lipinski definition) is 2. The van der Waals surface area contributed by atoms with Crippen LogP contribution in [0.25, 0.3) is 0 Å². The second-order valence-electron chi connectivity index (χ2n) is 6.12. The lowest BCUT2D eigenvalue weighted by Crippen LogP contribution is -2.37. The summed E-state index contributed by atoms with van der Waals surface area (Å²) in [5.74, 6) is 0.559. The maximum absolute atomic E-state index is 13.8. The Balaban J connectivity index is 0.00000338. The molecule has 26 heavy (non-hydrogen) atoms. The lowest BCUT2D eigenvalue weighted by Gasteiger charge is -2.14. The predicted octanol–water partition coefficient (Wildman–Crippen LogP) is 3.18. The van der Waals surface area contributed by atoms with E-state index in [0.29, 0.717) is 18.7 Å². The first-order chi connectivity index (χ1) is 12.0. The number of benzene rings is 1. The van der Waals surface area contributed by atoms with Crippen LogP contribution in [0.3, 0.4) is 0 Å². The first-order valence-corrected chi connectivity index (χ1v) is 9.13. The standard InChI is InChI=1S/C18H26FN5S.HI/c1-13-23-16(12-25-13)7-8-21-18(20-2)22-10-14-5-6-17(19)15(9-14)11-24(3)4;/h5-6,9,12H,7-8,10-11H2,1-4H3,(H2,20,21,22);1H. The van der Waals surface area contributed by atoms with E-state index in [9.17, 15) is 4.39 Å². The number of halogens is 2. The monoisotopic (exact) mass is 491 g/mol. The molecule has 0 aliphatic heterocycles. The number of nitrogens with zero attached hydrogens (tertiary/aromatic N) is 3. The summed E-state index contributed by atoms with van der Waals surface area (Å²) in [4.78, 5) is 10.6. The van der Waals surface area contributed by atoms with E-state index in [2.05, 4.69) is 26.0 Å². The Kier molecular flexibility index (Phi) is 10.0. The fraction of sp³-hybridized carbons (Fsp3) is 0.444. The summed E-state index contributed by atoms with van der Waals surface area (Å²) in [5, 5.41) is 9.71. The van der Waals surface area contributed by atoms with E-state index in [-0.39, 0.29) is 29.8 Å². The molecule has 0 radical (unpaired) electrons. The minimum Gasteiger partial charge on any atom is -0.356 e. The first-order valence-electron chi connectivity index (χ1n) is 8.25. The van der Waals surface area contributed by atoms with E-state index in [1.807, 2.05) is 32.0 Å². The zero-order valence-corrected chi connectivity index (χ0v) is 18.8. The van der Waals surface area contributed by atoms with Crippen LogP contribution in [-0.2, 0) is 19.5 Å². The summed E-state index contributed by atoms with van der Waals surface area (Å²) >= 11 is 1.66. The van der Waals surface area contributed by atoms with Crippen molar-refractivity contribution in [3.63, 3.8) is 0 Å². The number of thiazole rings is 1. The van der Waals surface area contributed by atoms with Crippen LogP contribution in [0.1, 0.15) is 21.8 Å². The summed E-state index contributed by atoms with van der Waals surface area (Å²) in [7, 11) is 5.60. The highest BCUT2D eigenvalue weighted by Crippen LogP contribution is 2.12. The minimum absolute atomic E-state index is 0. The number of aromatic nitrogens is 1. The van der Waals surface area contributed by atoms with Crippen molar-refractivity contribution in [2.24, 2.45) is 4.99 Å². The third-order valence-electron chi connectivity index (χ3n) is 3.62. The van der Waals surface area contributed by atoms with Gasteiger partial charge in [-0.25, -0.2) is 9.37 Å². The quantitative estimate of drug-likeness (QED) is 0.355. The Morgan fingerprint density at radius 2 is 2.08 bits per heavy atom. The minimum atomic E-state index is -0.168. The Labute approximate surface area is 176 Å². The molecule has 0 bridgehead atoms. The van der Waals surface area contributed by atoms with Crippen molar-refractivity contribution < 1.29 is 4.39 Å². The van der Waals surface area contributed by atoms with Gasteiger partial charge in [-0.1, -0.05) is 6.07 Å². The van der Waals surface area contributed by atoms with Gasteiger partial charge in [0.15, 0.2) is 5.96 Å². The van der Waals surface area contributed by atoms with Crippen LogP contribution < -0.4 is 10.6 Å². The van der Waals surface area contributed by atoms with Gasteiger partial charge in [-0.05, 0) is 38.7 Å². The second kappa shape index (κ2) is 11.5. The van der Waals surface area contributed by atoms with E-state index in [4.69, 9.17) is 0 Å². The first kappa shape index (κ1) is 22.8. The van der Waals surface area contributed by atoms with Gasteiger partial charge in [-0.15, -0.1) is 35.3 Å². The third kappa shape index (κ3) is 7.55. The normalized spacial score (nSPS) is 11.4. The van der Waals surface area contributed by atoms with E-state index < -0.39 is 0 Å².